The van der Waals surface area contributed by atoms with Crippen molar-refractivity contribution in [3.63, 3.8) is 0 Å². The van der Waals surface area contributed by atoms with Crippen molar-refractivity contribution in [1.82, 2.24) is 4.90 Å². The van der Waals surface area contributed by atoms with Gasteiger partial charge in [-0.3, -0.25) is 4.90 Å². The molecule has 0 spiro atoms. The number of hydrogen-bond donors (Lipinski definition) is 2. The third-order valence-electron chi connectivity index (χ3n) is 4.30. The summed E-state index contributed by atoms with van der Waals surface area (Å²) < 4.78 is 18.8. The van der Waals surface area contributed by atoms with Crippen LogP contribution in [0.25, 0.3) is 0 Å². The highest BCUT2D eigenvalue weighted by Gasteiger charge is 2.34. The third kappa shape index (κ3) is 5.50. The minimum Gasteiger partial charge on any atom is -0.478 e. The molecular weight excluding hydrogens is 373 g/mol. The maximum absolute atomic E-state index is 13.2. The molecule has 1 fully saturated rings. The summed E-state index contributed by atoms with van der Waals surface area (Å²) in [6.45, 7) is 9.09. The molecular formula is C18H24FN3O4S. The van der Waals surface area contributed by atoms with Crippen LogP contribution in [0.2, 0.25) is 0 Å². The molecule has 0 amide bonds. The lowest BCUT2D eigenvalue weighted by molar-refractivity contribution is -0.0703. The van der Waals surface area contributed by atoms with Gasteiger partial charge in [0.15, 0.2) is 10.5 Å². The highest BCUT2D eigenvalue weighted by molar-refractivity contribution is 8.16. The van der Waals surface area contributed by atoms with Gasteiger partial charge in [-0.2, -0.15) is 4.39 Å². The summed E-state index contributed by atoms with van der Waals surface area (Å²) in [5.74, 6) is -1.55. The van der Waals surface area contributed by atoms with Crippen molar-refractivity contribution in [2.75, 3.05) is 13.1 Å². The second kappa shape index (κ2) is 9.29. The molecule has 27 heavy (non-hydrogen) atoms. The van der Waals surface area contributed by atoms with Crippen molar-refractivity contribution >= 4 is 28.7 Å². The Morgan fingerprint density at radius 1 is 1.33 bits per heavy atom. The average Bonchev–Trinajstić information content (AvgIpc) is 2.98. The summed E-state index contributed by atoms with van der Waals surface area (Å²) in [5, 5.41) is 20.1. The molecule has 0 aromatic heterocycles. The highest BCUT2D eigenvalue weighted by Crippen LogP contribution is 2.29. The number of ether oxygens (including phenoxy) is 1. The van der Waals surface area contributed by atoms with Crippen LogP contribution in [0, 0.1) is 13.8 Å². The van der Waals surface area contributed by atoms with Crippen LogP contribution in [0.15, 0.2) is 28.3 Å². The molecule has 1 saturated heterocycles. The van der Waals surface area contributed by atoms with Crippen molar-refractivity contribution in [3.8, 4) is 0 Å². The number of thioether (sulfide) groups is 1. The minimum atomic E-state index is -0.855. The number of hydrogen-bond acceptors (Lipinski definition) is 7. The van der Waals surface area contributed by atoms with Gasteiger partial charge < -0.3 is 15.1 Å². The normalized spacial score (nSPS) is 27.1. The molecule has 0 saturated carbocycles. The van der Waals surface area contributed by atoms with Crippen molar-refractivity contribution < 1.29 is 24.2 Å². The molecule has 9 heteroatoms. The zero-order valence-electron chi connectivity index (χ0n) is 15.7. The van der Waals surface area contributed by atoms with Gasteiger partial charge >= 0.3 is 5.97 Å². The summed E-state index contributed by atoms with van der Waals surface area (Å²) in [6, 6.07) is 5.28. The molecule has 3 rings (SSSR count). The van der Waals surface area contributed by atoms with Crippen LogP contribution in [-0.4, -0.2) is 63.0 Å². The zero-order valence-corrected chi connectivity index (χ0v) is 16.5. The summed E-state index contributed by atoms with van der Waals surface area (Å²) in [4.78, 5) is 16.4. The van der Waals surface area contributed by atoms with E-state index in [2.05, 4.69) is 10.1 Å². The first kappa shape index (κ1) is 21.3. The van der Waals surface area contributed by atoms with Gasteiger partial charge in [0.1, 0.15) is 0 Å². The average molecular weight is 397 g/mol. The van der Waals surface area contributed by atoms with Crippen LogP contribution >= 0.6 is 11.8 Å². The minimum absolute atomic E-state index is 0.0446. The standard InChI is InChI=1S/C9H14FN3O2S.C9H10O2/c1-5-3-13(4-6(2)15-5)9-11-7(10)8(12-14)16-9;1-6-4-3-5-8(7(6)2)9(10)11/h5-6,9,14H,3-4H2,1-2H3;3-5H,1-2H3,(H,10,11)/t5-,6+,9?;. The van der Waals surface area contributed by atoms with Gasteiger partial charge in [0.2, 0.25) is 5.97 Å². The Labute approximate surface area is 161 Å². The Morgan fingerprint density at radius 3 is 2.44 bits per heavy atom. The summed E-state index contributed by atoms with van der Waals surface area (Å²) >= 11 is 1.12. The number of aromatic carboxylic acids is 1. The van der Waals surface area contributed by atoms with Gasteiger partial charge in [-0.15, -0.1) is 0 Å². The fourth-order valence-corrected chi connectivity index (χ4v) is 3.79. The lowest BCUT2D eigenvalue weighted by Gasteiger charge is -2.36. The molecule has 2 heterocycles. The second-order valence-electron chi connectivity index (χ2n) is 6.53. The van der Waals surface area contributed by atoms with Gasteiger partial charge in [-0.25, -0.2) is 9.79 Å². The number of morpholine rings is 1. The maximum Gasteiger partial charge on any atom is 0.335 e. The third-order valence-corrected chi connectivity index (χ3v) is 5.39. The Balaban J connectivity index is 0.000000208. The van der Waals surface area contributed by atoms with E-state index < -0.39 is 11.9 Å². The Hall–Kier alpha value is -1.97. The van der Waals surface area contributed by atoms with Crippen LogP contribution < -0.4 is 0 Å². The van der Waals surface area contributed by atoms with Gasteiger partial charge in [-0.05, 0) is 44.9 Å². The van der Waals surface area contributed by atoms with E-state index in [-0.39, 0.29) is 22.7 Å². The lowest BCUT2D eigenvalue weighted by Crippen LogP contribution is -2.48. The summed E-state index contributed by atoms with van der Waals surface area (Å²) in [7, 11) is 0. The molecule has 0 bridgehead atoms. The van der Waals surface area contributed by atoms with Crippen LogP contribution in [-0.2, 0) is 4.74 Å². The molecule has 7 nitrogen and oxygen atoms in total. The number of aryl methyl sites for hydroxylation is 1. The lowest BCUT2D eigenvalue weighted by atomic mass is 10.0. The summed E-state index contributed by atoms with van der Waals surface area (Å²) in [5.41, 5.74) is 1.93. The zero-order chi connectivity index (χ0) is 20.1. The number of rotatable bonds is 2. The maximum atomic E-state index is 13.2. The van der Waals surface area contributed by atoms with Gasteiger partial charge in [-0.1, -0.05) is 29.1 Å². The van der Waals surface area contributed by atoms with Crippen molar-refractivity contribution in [3.05, 3.63) is 34.9 Å². The Morgan fingerprint density at radius 2 is 1.96 bits per heavy atom. The molecule has 2 aliphatic rings. The predicted molar refractivity (Wildman–Crippen MR) is 104 cm³/mol. The number of oxime groups is 1. The fraction of sp³-hybridized carbons (Fsp3) is 0.500. The van der Waals surface area contributed by atoms with Crippen molar-refractivity contribution in [2.24, 2.45) is 10.1 Å². The molecule has 1 aromatic carbocycles. The number of nitrogens with zero attached hydrogens (tertiary/aromatic N) is 3. The van der Waals surface area contributed by atoms with Gasteiger partial charge in [0.25, 0.3) is 0 Å². The first-order valence-corrected chi connectivity index (χ1v) is 9.42. The van der Waals surface area contributed by atoms with Gasteiger partial charge in [0.05, 0.1) is 17.8 Å². The van der Waals surface area contributed by atoms with Crippen LogP contribution in [0.5, 0.6) is 0 Å². The molecule has 1 aromatic rings. The number of halogens is 1. The fourth-order valence-electron chi connectivity index (χ4n) is 2.93. The largest absolute Gasteiger partial charge is 0.478 e. The van der Waals surface area contributed by atoms with Crippen LogP contribution in [0.3, 0.4) is 0 Å². The molecule has 2 N–H and O–H groups in total. The first-order chi connectivity index (χ1) is 12.7. The smallest absolute Gasteiger partial charge is 0.335 e. The second-order valence-corrected chi connectivity index (χ2v) is 7.58. The van der Waals surface area contributed by atoms with E-state index in [1.54, 1.807) is 12.1 Å². The van der Waals surface area contributed by atoms with E-state index >= 15 is 0 Å². The van der Waals surface area contributed by atoms with Gasteiger partial charge in [0, 0.05) is 13.1 Å². The number of aliphatic imine (C=N–C) groups is 1. The monoisotopic (exact) mass is 397 g/mol. The molecule has 0 aliphatic carbocycles. The van der Waals surface area contributed by atoms with E-state index in [0.717, 1.165) is 22.9 Å². The Bertz CT molecular complexity index is 746. The van der Waals surface area contributed by atoms with E-state index in [1.807, 2.05) is 38.7 Å². The molecule has 0 radical (unpaired) electrons. The quantitative estimate of drug-likeness (QED) is 0.587. The molecule has 1 unspecified atom stereocenters. The van der Waals surface area contributed by atoms with Crippen molar-refractivity contribution in [1.29, 1.82) is 0 Å². The number of carboxylic acid groups (broad SMARTS) is 1. The summed E-state index contributed by atoms with van der Waals surface area (Å²) in [6.07, 6.45) is 0.218. The predicted octanol–water partition coefficient (Wildman–Crippen LogP) is 3.28. The number of carboxylic acids is 1. The topological polar surface area (TPSA) is 94.7 Å². The Kier molecular flexibility index (Phi) is 7.34. The van der Waals surface area contributed by atoms with Crippen molar-refractivity contribution in [2.45, 2.75) is 45.4 Å². The van der Waals surface area contributed by atoms with Crippen LogP contribution in [0.4, 0.5) is 4.39 Å². The molecule has 148 valence electrons. The highest BCUT2D eigenvalue weighted by atomic mass is 32.2. The number of carbonyl (C=O) groups is 1. The first-order valence-electron chi connectivity index (χ1n) is 8.54. The molecule has 3 atom stereocenters. The van der Waals surface area contributed by atoms with E-state index in [9.17, 15) is 9.18 Å². The van der Waals surface area contributed by atoms with E-state index in [1.165, 1.54) is 0 Å². The number of benzene rings is 1. The van der Waals surface area contributed by atoms with Crippen LogP contribution in [0.1, 0.15) is 35.3 Å². The SMILES string of the molecule is C[C@@H]1CN(C2N=C(F)C(=NO)S2)C[C@H](C)O1.Cc1cccc(C(=O)O)c1C. The van der Waals surface area contributed by atoms with E-state index in [4.69, 9.17) is 15.1 Å². The van der Waals surface area contributed by atoms with E-state index in [0.29, 0.717) is 18.7 Å². The molecule has 2 aliphatic heterocycles.